The van der Waals surface area contributed by atoms with Crippen LogP contribution in [0, 0.1) is 6.20 Å². The fourth-order valence-corrected chi connectivity index (χ4v) is 6.17. The molecule has 5 nitrogen and oxygen atoms in total. The molecule has 0 aliphatic carbocycles. The van der Waals surface area contributed by atoms with Crippen LogP contribution in [0.5, 0.6) is 5.75 Å². The van der Waals surface area contributed by atoms with Crippen LogP contribution in [0.2, 0.25) is 0 Å². The summed E-state index contributed by atoms with van der Waals surface area (Å²) in [4.78, 5) is 21.4. The Bertz CT molecular complexity index is 1390. The lowest BCUT2D eigenvalue weighted by molar-refractivity contribution is -0.116. The Morgan fingerprint density at radius 1 is 0.870 bits per heavy atom. The number of nitrogens with zero attached hydrogens (tertiary/aromatic N) is 3. The molecule has 2 aliphatic rings. The van der Waals surface area contributed by atoms with Crippen molar-refractivity contribution in [3.63, 3.8) is 0 Å². The van der Waals surface area contributed by atoms with E-state index in [1.54, 1.807) is 6.92 Å². The molecule has 5 heteroatoms. The minimum absolute atomic E-state index is 0.00982. The maximum atomic E-state index is 12.9. The van der Waals surface area contributed by atoms with E-state index in [-0.39, 0.29) is 11.3 Å². The molecule has 0 fully saturated rings. The van der Waals surface area contributed by atoms with Crippen molar-refractivity contribution in [1.29, 1.82) is 0 Å². The molecule has 46 heavy (non-hydrogen) atoms. The average molecular weight is 623 g/mol. The van der Waals surface area contributed by atoms with Crippen molar-refractivity contribution in [3.8, 4) is 5.75 Å². The SMILES string of the molecule is CCCCCCCCCCCCCCOc1cc(CN(C(C)=O)c2cccc(CC3=N[C+]=C4C=CC=CN43)c2)ccc1C(C)(C)C. The average Bonchev–Trinajstić information content (AvgIpc) is 3.44. The number of allylic oxidation sites excluding steroid dienone is 3. The van der Waals surface area contributed by atoms with Crippen molar-refractivity contribution in [2.75, 3.05) is 11.5 Å². The summed E-state index contributed by atoms with van der Waals surface area (Å²) in [7, 11) is 0. The van der Waals surface area contributed by atoms with Crippen molar-refractivity contribution >= 4 is 17.4 Å². The fourth-order valence-electron chi connectivity index (χ4n) is 6.17. The van der Waals surface area contributed by atoms with Crippen molar-refractivity contribution < 1.29 is 9.53 Å². The van der Waals surface area contributed by atoms with Gasteiger partial charge in [-0.25, -0.2) is 4.90 Å². The second kappa shape index (κ2) is 17.9. The zero-order chi connectivity index (χ0) is 32.8. The Balaban J connectivity index is 1.31. The predicted molar refractivity (Wildman–Crippen MR) is 193 cm³/mol. The number of amides is 1. The van der Waals surface area contributed by atoms with Gasteiger partial charge >= 0.3 is 0 Å². The first-order valence-corrected chi connectivity index (χ1v) is 17.7. The number of anilines is 1. The quantitative estimate of drug-likeness (QED) is 0.116. The maximum Gasteiger partial charge on any atom is 0.247 e. The molecule has 4 rings (SSSR count). The Labute approximate surface area is 279 Å². The molecule has 0 radical (unpaired) electrons. The third-order valence-corrected chi connectivity index (χ3v) is 8.85. The normalized spacial score (nSPS) is 13.7. The molecule has 2 heterocycles. The van der Waals surface area contributed by atoms with E-state index in [9.17, 15) is 4.79 Å². The molecule has 0 atom stereocenters. The highest BCUT2D eigenvalue weighted by Crippen LogP contribution is 2.33. The van der Waals surface area contributed by atoms with Gasteiger partial charge in [-0.2, -0.15) is 0 Å². The van der Waals surface area contributed by atoms with E-state index in [2.05, 4.69) is 74.1 Å². The van der Waals surface area contributed by atoms with E-state index in [0.29, 0.717) is 13.0 Å². The van der Waals surface area contributed by atoms with Gasteiger partial charge in [0.2, 0.25) is 17.4 Å². The van der Waals surface area contributed by atoms with E-state index in [4.69, 9.17) is 4.74 Å². The molecule has 0 spiro atoms. The zero-order valence-corrected chi connectivity index (χ0v) is 29.1. The van der Waals surface area contributed by atoms with Crippen LogP contribution in [0.1, 0.15) is 128 Å². The Morgan fingerprint density at radius 3 is 2.24 bits per heavy atom. The van der Waals surface area contributed by atoms with Gasteiger partial charge in [0.15, 0.2) is 6.20 Å². The Morgan fingerprint density at radius 2 is 1.57 bits per heavy atom. The van der Waals surface area contributed by atoms with Gasteiger partial charge < -0.3 is 9.64 Å². The van der Waals surface area contributed by atoms with Crippen LogP contribution in [0.15, 0.2) is 77.6 Å². The highest BCUT2D eigenvalue weighted by molar-refractivity contribution is 5.92. The minimum atomic E-state index is -0.0343. The summed E-state index contributed by atoms with van der Waals surface area (Å²) >= 11 is 0. The lowest BCUT2D eigenvalue weighted by atomic mass is 9.85. The molecule has 2 aliphatic heterocycles. The van der Waals surface area contributed by atoms with Crippen molar-refractivity contribution in [1.82, 2.24) is 4.90 Å². The van der Waals surface area contributed by atoms with Crippen LogP contribution in [0.25, 0.3) is 0 Å². The van der Waals surface area contributed by atoms with Crippen molar-refractivity contribution in [3.05, 3.63) is 95.5 Å². The molecular weight excluding hydrogens is 566 g/mol. The fraction of sp³-hybridized carbons (Fsp3) is 0.512. The van der Waals surface area contributed by atoms with Gasteiger partial charge in [0.1, 0.15) is 5.75 Å². The van der Waals surface area contributed by atoms with E-state index in [1.165, 1.54) is 76.2 Å². The molecule has 2 aromatic carbocycles. The van der Waals surface area contributed by atoms with Gasteiger partial charge in [0, 0.05) is 18.8 Å². The summed E-state index contributed by atoms with van der Waals surface area (Å²) in [6.07, 6.45) is 27.7. The number of aliphatic imine (C=N–C) groups is 1. The summed E-state index contributed by atoms with van der Waals surface area (Å²) in [5.41, 5.74) is 5.17. The Kier molecular flexibility index (Phi) is 13.7. The first-order chi connectivity index (χ1) is 22.3. The molecule has 0 unspecified atom stereocenters. The lowest BCUT2D eigenvalue weighted by Gasteiger charge is -2.26. The van der Waals surface area contributed by atoms with Gasteiger partial charge in [0.25, 0.3) is 0 Å². The number of hydrogen-bond acceptors (Lipinski definition) is 4. The lowest BCUT2D eigenvalue weighted by Crippen LogP contribution is -2.28. The van der Waals surface area contributed by atoms with Gasteiger partial charge in [-0.15, -0.1) is 0 Å². The summed E-state index contributed by atoms with van der Waals surface area (Å²) < 4.78 is 6.44. The molecule has 246 valence electrons. The summed E-state index contributed by atoms with van der Waals surface area (Å²) in [6.45, 7) is 11.8. The summed E-state index contributed by atoms with van der Waals surface area (Å²) in [5, 5.41) is 0. The van der Waals surface area contributed by atoms with Crippen LogP contribution < -0.4 is 9.64 Å². The minimum Gasteiger partial charge on any atom is -0.493 e. The molecule has 1 amide bonds. The number of unbranched alkanes of at least 4 members (excludes halogenated alkanes) is 11. The van der Waals surface area contributed by atoms with Gasteiger partial charge in [-0.1, -0.05) is 128 Å². The van der Waals surface area contributed by atoms with Crippen LogP contribution in [0.4, 0.5) is 5.69 Å². The number of hydrogen-bond donors (Lipinski definition) is 0. The van der Waals surface area contributed by atoms with Crippen molar-refractivity contribution in [2.45, 2.75) is 130 Å². The largest absolute Gasteiger partial charge is 0.493 e. The summed E-state index contributed by atoms with van der Waals surface area (Å²) in [5.74, 6) is 1.87. The molecule has 2 aromatic rings. The van der Waals surface area contributed by atoms with Crippen LogP contribution >= 0.6 is 0 Å². The zero-order valence-electron chi connectivity index (χ0n) is 29.1. The third kappa shape index (κ3) is 10.7. The predicted octanol–water partition coefficient (Wildman–Crippen LogP) is 10.6. The summed E-state index contributed by atoms with van der Waals surface area (Å²) in [6, 6.07) is 14.7. The number of ether oxygens (including phenoxy) is 1. The van der Waals surface area contributed by atoms with E-state index in [1.807, 2.05) is 41.5 Å². The number of amidine groups is 1. The Hall–Kier alpha value is -3.69. The molecule has 0 bridgehead atoms. The number of benzene rings is 2. The highest BCUT2D eigenvalue weighted by atomic mass is 16.5. The smallest absolute Gasteiger partial charge is 0.247 e. The molecule has 0 saturated carbocycles. The maximum absolute atomic E-state index is 12.9. The standard InChI is InChI=1S/C41H56N3O2/c1-6-7-8-9-10-11-12-13-14-15-16-19-27-46-39-29-35(24-25-38(39)41(3,4)5)32-44(33(2)45)36-23-20-21-34(28-36)30-40-42-31-37-22-17-18-26-43(37)40/h17-18,20-26,28-29H,6-16,19,27,30,32H2,1-5H3/q+1. The van der Waals surface area contributed by atoms with E-state index < -0.39 is 0 Å². The molecular formula is C41H56N3O2+. The first-order valence-electron chi connectivity index (χ1n) is 17.7. The van der Waals surface area contributed by atoms with Gasteiger partial charge in [-0.3, -0.25) is 4.79 Å². The molecule has 0 aromatic heterocycles. The second-order valence-corrected chi connectivity index (χ2v) is 13.9. The molecule has 0 N–H and O–H groups in total. The third-order valence-electron chi connectivity index (χ3n) is 8.85. The monoisotopic (exact) mass is 622 g/mol. The topological polar surface area (TPSA) is 45.1 Å². The molecule has 0 saturated heterocycles. The van der Waals surface area contributed by atoms with Gasteiger partial charge in [-0.05, 0) is 58.9 Å². The van der Waals surface area contributed by atoms with Crippen LogP contribution in [-0.4, -0.2) is 23.2 Å². The van der Waals surface area contributed by atoms with E-state index >= 15 is 0 Å². The highest BCUT2D eigenvalue weighted by Gasteiger charge is 2.29. The number of carbonyl (C=O) groups is 1. The first kappa shape index (κ1) is 35.2. The van der Waals surface area contributed by atoms with Crippen LogP contribution in [-0.2, 0) is 23.2 Å². The second-order valence-electron chi connectivity index (χ2n) is 13.9. The van der Waals surface area contributed by atoms with Crippen LogP contribution in [0.3, 0.4) is 0 Å². The number of carbonyl (C=O) groups excluding carboxylic acids is 1. The number of rotatable bonds is 19. The van der Waals surface area contributed by atoms with Gasteiger partial charge in [0.05, 0.1) is 25.6 Å². The number of fused-ring (bicyclic) bond motifs is 1. The van der Waals surface area contributed by atoms with Crippen molar-refractivity contribution in [2.24, 2.45) is 4.99 Å². The van der Waals surface area contributed by atoms with E-state index in [0.717, 1.165) is 47.1 Å².